The molecule has 4 heteroatoms. The van der Waals surface area contributed by atoms with Crippen LogP contribution in [-0.4, -0.2) is 25.4 Å². The van der Waals surface area contributed by atoms with Gasteiger partial charge in [0, 0.05) is 18.2 Å². The van der Waals surface area contributed by atoms with E-state index in [1.807, 2.05) is 38.1 Å². The minimum absolute atomic E-state index is 0.157. The fraction of sp³-hybridized carbons (Fsp3) is 0.200. The average molecular weight is 320 g/mol. The van der Waals surface area contributed by atoms with Gasteiger partial charge in [0.05, 0.1) is 12.1 Å². The van der Waals surface area contributed by atoms with Gasteiger partial charge < -0.3 is 10.6 Å². The van der Waals surface area contributed by atoms with Crippen molar-refractivity contribution in [1.29, 1.82) is 0 Å². The quantitative estimate of drug-likeness (QED) is 0.854. The molecule has 0 aliphatic heterocycles. The minimum atomic E-state index is -0.181. The maximum atomic E-state index is 12.1. The van der Waals surface area contributed by atoms with E-state index in [1.165, 1.54) is 0 Å². The van der Waals surface area contributed by atoms with Gasteiger partial charge >= 0.3 is 0 Å². The third kappa shape index (κ3) is 4.47. The Kier molecular flexibility index (Phi) is 5.75. The summed E-state index contributed by atoms with van der Waals surface area (Å²) >= 11 is 0. The molecule has 4 nitrogen and oxygen atoms in total. The van der Waals surface area contributed by atoms with E-state index in [4.69, 9.17) is 0 Å². The van der Waals surface area contributed by atoms with Gasteiger partial charge in [-0.3, -0.25) is 9.59 Å². The van der Waals surface area contributed by atoms with Crippen molar-refractivity contribution in [3.63, 3.8) is 0 Å². The summed E-state index contributed by atoms with van der Waals surface area (Å²) in [7, 11) is 1.58. The predicted octanol–water partition coefficient (Wildman–Crippen LogP) is 2.44. The lowest BCUT2D eigenvalue weighted by molar-refractivity contribution is 0.0952. The lowest BCUT2D eigenvalue weighted by atomic mass is 10.1. The molecule has 0 spiro atoms. The van der Waals surface area contributed by atoms with E-state index in [0.717, 1.165) is 11.1 Å². The van der Waals surface area contributed by atoms with Crippen LogP contribution >= 0.6 is 0 Å². The van der Waals surface area contributed by atoms with Gasteiger partial charge in [-0.15, -0.1) is 0 Å². The first kappa shape index (κ1) is 17.3. The molecule has 122 valence electrons. The monoisotopic (exact) mass is 320 g/mol. The average Bonchev–Trinajstić information content (AvgIpc) is 2.57. The third-order valence-corrected chi connectivity index (χ3v) is 3.44. The molecule has 2 rings (SSSR count). The summed E-state index contributed by atoms with van der Waals surface area (Å²) in [6.07, 6.45) is 0. The standard InChI is InChI=1S/C20H20N2O2/c1-14-11-15(2)13-17(12-14)19(23)22-10-6-8-16-7-4-5-9-18(16)20(24)21-3/h4-5,7,9,11-13H,10H2,1-3H3,(H,21,24)(H,22,23). The van der Waals surface area contributed by atoms with Gasteiger partial charge in [-0.2, -0.15) is 0 Å². The third-order valence-electron chi connectivity index (χ3n) is 3.44. The summed E-state index contributed by atoms with van der Waals surface area (Å²) in [5.74, 6) is 5.48. The first-order valence-corrected chi connectivity index (χ1v) is 7.67. The minimum Gasteiger partial charge on any atom is -0.355 e. The molecule has 0 heterocycles. The molecule has 2 aromatic rings. The normalized spacial score (nSPS) is 9.62. The molecule has 2 amide bonds. The molecule has 0 atom stereocenters. The van der Waals surface area contributed by atoms with Crippen molar-refractivity contribution < 1.29 is 9.59 Å². The van der Waals surface area contributed by atoms with Crippen molar-refractivity contribution in [2.24, 2.45) is 0 Å². The van der Waals surface area contributed by atoms with Crippen LogP contribution in [0.5, 0.6) is 0 Å². The number of hydrogen-bond acceptors (Lipinski definition) is 2. The Morgan fingerprint density at radius 3 is 2.33 bits per heavy atom. The first-order valence-electron chi connectivity index (χ1n) is 7.67. The van der Waals surface area contributed by atoms with Crippen LogP contribution in [0.15, 0.2) is 42.5 Å². The number of rotatable bonds is 3. The molecule has 0 aliphatic carbocycles. The molecule has 0 unspecified atom stereocenters. The van der Waals surface area contributed by atoms with Crippen LogP contribution in [0.4, 0.5) is 0 Å². The van der Waals surface area contributed by atoms with Crippen LogP contribution < -0.4 is 10.6 Å². The van der Waals surface area contributed by atoms with E-state index in [-0.39, 0.29) is 18.4 Å². The van der Waals surface area contributed by atoms with Crippen molar-refractivity contribution in [3.8, 4) is 11.8 Å². The summed E-state index contributed by atoms with van der Waals surface area (Å²) < 4.78 is 0. The second-order valence-electron chi connectivity index (χ2n) is 5.49. The van der Waals surface area contributed by atoms with Gasteiger partial charge in [0.2, 0.25) is 0 Å². The fourth-order valence-corrected chi connectivity index (χ4v) is 2.40. The molecular weight excluding hydrogens is 300 g/mol. The van der Waals surface area contributed by atoms with Crippen LogP contribution in [-0.2, 0) is 0 Å². The first-order chi connectivity index (χ1) is 11.5. The highest BCUT2D eigenvalue weighted by molar-refractivity contribution is 5.96. The van der Waals surface area contributed by atoms with Crippen LogP contribution in [0.25, 0.3) is 0 Å². The second kappa shape index (κ2) is 7.98. The molecule has 0 aliphatic rings. The molecule has 0 saturated heterocycles. The van der Waals surface area contributed by atoms with Crippen LogP contribution in [0.1, 0.15) is 37.4 Å². The highest BCUT2D eigenvalue weighted by atomic mass is 16.2. The predicted molar refractivity (Wildman–Crippen MR) is 95.0 cm³/mol. The number of nitrogens with one attached hydrogen (secondary N) is 2. The number of aryl methyl sites for hydroxylation is 2. The van der Waals surface area contributed by atoms with E-state index in [2.05, 4.69) is 22.5 Å². The second-order valence-corrected chi connectivity index (χ2v) is 5.49. The number of carbonyl (C=O) groups excluding carboxylic acids is 2. The van der Waals surface area contributed by atoms with E-state index in [9.17, 15) is 9.59 Å². The lowest BCUT2D eigenvalue weighted by Crippen LogP contribution is -2.23. The zero-order valence-corrected chi connectivity index (χ0v) is 14.1. The SMILES string of the molecule is CNC(=O)c1ccccc1C#CCNC(=O)c1cc(C)cc(C)c1. The Labute approximate surface area is 142 Å². The number of benzene rings is 2. The molecule has 24 heavy (non-hydrogen) atoms. The number of hydrogen-bond donors (Lipinski definition) is 2. The molecule has 0 radical (unpaired) electrons. The largest absolute Gasteiger partial charge is 0.355 e. The van der Waals surface area contributed by atoms with Crippen molar-refractivity contribution in [2.45, 2.75) is 13.8 Å². The Hall–Kier alpha value is -3.06. The van der Waals surface area contributed by atoms with Gasteiger partial charge in [-0.1, -0.05) is 41.2 Å². The summed E-state index contributed by atoms with van der Waals surface area (Å²) in [6, 6.07) is 12.8. The van der Waals surface area contributed by atoms with Crippen LogP contribution in [0, 0.1) is 25.7 Å². The van der Waals surface area contributed by atoms with E-state index in [0.29, 0.717) is 16.7 Å². The zero-order valence-electron chi connectivity index (χ0n) is 14.1. The molecule has 0 fully saturated rings. The summed E-state index contributed by atoms with van der Waals surface area (Å²) in [4.78, 5) is 23.9. The van der Waals surface area contributed by atoms with E-state index in [1.54, 1.807) is 25.2 Å². The van der Waals surface area contributed by atoms with Crippen molar-refractivity contribution >= 4 is 11.8 Å². The zero-order chi connectivity index (χ0) is 17.5. The fourth-order valence-electron chi connectivity index (χ4n) is 2.40. The molecule has 2 N–H and O–H groups in total. The molecule has 2 aromatic carbocycles. The van der Waals surface area contributed by atoms with Gasteiger partial charge in [0.25, 0.3) is 11.8 Å². The van der Waals surface area contributed by atoms with Crippen molar-refractivity contribution in [1.82, 2.24) is 10.6 Å². The Balaban J connectivity index is 2.04. The van der Waals surface area contributed by atoms with Gasteiger partial charge in [0.1, 0.15) is 0 Å². The van der Waals surface area contributed by atoms with E-state index < -0.39 is 0 Å². The maximum Gasteiger partial charge on any atom is 0.252 e. The maximum absolute atomic E-state index is 12.1. The van der Waals surface area contributed by atoms with Gasteiger partial charge in [-0.25, -0.2) is 0 Å². The number of amides is 2. The highest BCUT2D eigenvalue weighted by Gasteiger charge is 2.07. The number of carbonyl (C=O) groups is 2. The molecular formula is C20H20N2O2. The summed E-state index contributed by atoms with van der Waals surface area (Å²) in [5.41, 5.74) is 3.88. The highest BCUT2D eigenvalue weighted by Crippen LogP contribution is 2.09. The van der Waals surface area contributed by atoms with Crippen LogP contribution in [0.2, 0.25) is 0 Å². The smallest absolute Gasteiger partial charge is 0.252 e. The Morgan fingerprint density at radius 2 is 1.67 bits per heavy atom. The Morgan fingerprint density at radius 1 is 1.00 bits per heavy atom. The molecule has 0 aromatic heterocycles. The van der Waals surface area contributed by atoms with E-state index >= 15 is 0 Å². The Bertz CT molecular complexity index is 809. The summed E-state index contributed by atoms with van der Waals surface area (Å²) in [5, 5.41) is 5.36. The molecule has 0 bridgehead atoms. The van der Waals surface area contributed by atoms with Gasteiger partial charge in [-0.05, 0) is 38.1 Å². The topological polar surface area (TPSA) is 58.2 Å². The van der Waals surface area contributed by atoms with Crippen LogP contribution in [0.3, 0.4) is 0 Å². The summed E-state index contributed by atoms with van der Waals surface area (Å²) in [6.45, 7) is 4.13. The van der Waals surface area contributed by atoms with Crippen molar-refractivity contribution in [3.05, 3.63) is 70.3 Å². The lowest BCUT2D eigenvalue weighted by Gasteiger charge is -2.04. The van der Waals surface area contributed by atoms with Gasteiger partial charge in [0.15, 0.2) is 0 Å². The molecule has 0 saturated carbocycles. The van der Waals surface area contributed by atoms with Crippen molar-refractivity contribution in [2.75, 3.05) is 13.6 Å².